The molecule has 0 bridgehead atoms. The van der Waals surface area contributed by atoms with Gasteiger partial charge >= 0.3 is 5.97 Å². The molecule has 1 aliphatic rings. The van der Waals surface area contributed by atoms with E-state index in [2.05, 4.69) is 4.74 Å². The lowest BCUT2D eigenvalue weighted by Crippen LogP contribution is -2.61. The fraction of sp³-hybridized carbons (Fsp3) is 0.857. The predicted molar refractivity (Wildman–Crippen MR) is 47.0 cm³/mol. The zero-order chi connectivity index (χ0) is 11.6. The Balaban J connectivity index is 2.87. The molecule has 0 aromatic carbocycles. The summed E-state index contributed by atoms with van der Waals surface area (Å²) < 4.78 is 17.4. The monoisotopic (exact) mass is 221 g/mol. The lowest BCUT2D eigenvalue weighted by molar-refractivity contribution is -0.533. The molecule has 8 heteroatoms. The predicted octanol–water partition coefficient (Wildman–Crippen LogP) is -0.909. The van der Waals surface area contributed by atoms with Gasteiger partial charge in [0.05, 0.1) is 13.5 Å². The second kappa shape index (κ2) is 4.49. The Bertz CT molecular complexity index is 275. The van der Waals surface area contributed by atoms with E-state index in [4.69, 9.17) is 5.84 Å². The van der Waals surface area contributed by atoms with Crippen molar-refractivity contribution in [2.45, 2.75) is 24.7 Å². The number of halogens is 1. The molecule has 0 aliphatic carbocycles. The summed E-state index contributed by atoms with van der Waals surface area (Å²) in [6, 6.07) is -2.57. The van der Waals surface area contributed by atoms with Gasteiger partial charge in [-0.3, -0.25) is 20.8 Å². The molecule has 2 N–H and O–H groups in total. The highest BCUT2D eigenvalue weighted by Crippen LogP contribution is 2.20. The summed E-state index contributed by atoms with van der Waals surface area (Å²) in [5.74, 6) is 4.55. The number of rotatable bonds is 2. The van der Waals surface area contributed by atoms with Crippen LogP contribution in [0.15, 0.2) is 0 Å². The molecule has 86 valence electrons. The van der Waals surface area contributed by atoms with Crippen LogP contribution in [0.1, 0.15) is 6.42 Å². The van der Waals surface area contributed by atoms with Crippen molar-refractivity contribution in [3.8, 4) is 0 Å². The van der Waals surface area contributed by atoms with Gasteiger partial charge < -0.3 is 4.74 Å². The van der Waals surface area contributed by atoms with Gasteiger partial charge in [-0.15, -0.1) is 0 Å². The average molecular weight is 221 g/mol. The molecule has 0 spiro atoms. The number of alkyl halides is 1. The molecule has 1 heterocycles. The van der Waals surface area contributed by atoms with E-state index in [9.17, 15) is 19.3 Å². The smallest absolute Gasteiger partial charge is 0.331 e. The van der Waals surface area contributed by atoms with Gasteiger partial charge in [0, 0.05) is 11.5 Å². The number of carbonyl (C=O) groups excluding carboxylic acids is 1. The lowest BCUT2D eigenvalue weighted by Gasteiger charge is -2.33. The van der Waals surface area contributed by atoms with Gasteiger partial charge in [0.15, 0.2) is 6.04 Å². The number of hydrazine groups is 1. The standard InChI is InChI=1S/C7H12FN3O4/c1-15-7(12)6-5(11(13)14)2-4(8)3-10(6)9/h4-6H,2-3,9H2,1H3. The summed E-state index contributed by atoms with van der Waals surface area (Å²) in [7, 11) is 1.11. The van der Waals surface area contributed by atoms with Gasteiger partial charge in [0.25, 0.3) is 0 Å². The number of carbonyl (C=O) groups is 1. The summed E-state index contributed by atoms with van der Waals surface area (Å²) in [6.45, 7) is -0.204. The molecule has 0 aromatic rings. The minimum absolute atomic E-state index is 0.204. The first kappa shape index (κ1) is 11.8. The van der Waals surface area contributed by atoms with Crippen molar-refractivity contribution in [3.05, 3.63) is 10.1 Å². The minimum atomic E-state index is -1.40. The van der Waals surface area contributed by atoms with Crippen molar-refractivity contribution in [3.63, 3.8) is 0 Å². The topological polar surface area (TPSA) is 98.7 Å². The maximum absolute atomic E-state index is 13.0. The fourth-order valence-electron chi connectivity index (χ4n) is 1.64. The number of nitrogens with two attached hydrogens (primary N) is 1. The molecular formula is C7H12FN3O4. The number of hydrogen-bond donors (Lipinski definition) is 1. The van der Waals surface area contributed by atoms with Crippen molar-refractivity contribution in [1.82, 2.24) is 5.01 Å². The van der Waals surface area contributed by atoms with Crippen LogP contribution in [0, 0.1) is 10.1 Å². The van der Waals surface area contributed by atoms with Gasteiger partial charge in [-0.2, -0.15) is 0 Å². The molecule has 1 rings (SSSR count). The van der Waals surface area contributed by atoms with E-state index in [1.54, 1.807) is 0 Å². The van der Waals surface area contributed by atoms with E-state index in [0.29, 0.717) is 0 Å². The molecule has 1 fully saturated rings. The Morgan fingerprint density at radius 1 is 1.73 bits per heavy atom. The van der Waals surface area contributed by atoms with Crippen molar-refractivity contribution >= 4 is 5.97 Å². The molecule has 0 amide bonds. The van der Waals surface area contributed by atoms with Gasteiger partial charge in [0.1, 0.15) is 6.17 Å². The molecule has 15 heavy (non-hydrogen) atoms. The first-order valence-corrected chi connectivity index (χ1v) is 4.34. The molecule has 1 aliphatic heterocycles. The van der Waals surface area contributed by atoms with Gasteiger partial charge in [-0.05, 0) is 0 Å². The first-order chi connectivity index (χ1) is 6.97. The van der Waals surface area contributed by atoms with Crippen LogP contribution in [0.25, 0.3) is 0 Å². The van der Waals surface area contributed by atoms with Crippen molar-refractivity contribution in [2.75, 3.05) is 13.7 Å². The van der Waals surface area contributed by atoms with Crippen LogP contribution in [0.2, 0.25) is 0 Å². The third kappa shape index (κ3) is 2.39. The molecule has 3 atom stereocenters. The van der Waals surface area contributed by atoms with Crippen molar-refractivity contribution in [2.24, 2.45) is 5.84 Å². The molecular weight excluding hydrogens is 209 g/mol. The van der Waals surface area contributed by atoms with Gasteiger partial charge in [0.2, 0.25) is 6.04 Å². The number of hydrogen-bond acceptors (Lipinski definition) is 6. The Morgan fingerprint density at radius 3 is 2.80 bits per heavy atom. The van der Waals surface area contributed by atoms with Crippen molar-refractivity contribution < 1.29 is 18.8 Å². The maximum atomic E-state index is 13.0. The largest absolute Gasteiger partial charge is 0.468 e. The Morgan fingerprint density at radius 2 is 2.33 bits per heavy atom. The quantitative estimate of drug-likeness (QED) is 0.280. The molecule has 1 saturated heterocycles. The van der Waals surface area contributed by atoms with Crippen LogP contribution in [-0.4, -0.2) is 47.8 Å². The van der Waals surface area contributed by atoms with Crippen LogP contribution in [0.3, 0.4) is 0 Å². The molecule has 3 unspecified atom stereocenters. The van der Waals surface area contributed by atoms with E-state index < -0.39 is 29.1 Å². The molecule has 0 radical (unpaired) electrons. The van der Waals surface area contributed by atoms with Crippen LogP contribution in [0.4, 0.5) is 4.39 Å². The van der Waals surface area contributed by atoms with Crippen LogP contribution >= 0.6 is 0 Å². The summed E-state index contributed by atoms with van der Waals surface area (Å²) >= 11 is 0. The number of piperidine rings is 1. The molecule has 7 nitrogen and oxygen atoms in total. The number of methoxy groups -OCH3 is 1. The Labute approximate surface area is 85.1 Å². The summed E-state index contributed by atoms with van der Waals surface area (Å²) in [4.78, 5) is 21.2. The maximum Gasteiger partial charge on any atom is 0.331 e. The van der Waals surface area contributed by atoms with E-state index in [-0.39, 0.29) is 13.0 Å². The number of ether oxygens (including phenoxy) is 1. The normalized spacial score (nSPS) is 32.3. The molecule has 0 saturated carbocycles. The highest BCUT2D eigenvalue weighted by Gasteiger charge is 2.47. The zero-order valence-corrected chi connectivity index (χ0v) is 8.13. The highest BCUT2D eigenvalue weighted by molar-refractivity contribution is 5.76. The van der Waals surface area contributed by atoms with E-state index in [0.717, 1.165) is 12.1 Å². The van der Waals surface area contributed by atoms with Gasteiger partial charge in [-0.25, -0.2) is 9.40 Å². The van der Waals surface area contributed by atoms with Gasteiger partial charge in [-0.1, -0.05) is 0 Å². The third-order valence-electron chi connectivity index (χ3n) is 2.34. The van der Waals surface area contributed by atoms with E-state index in [1.165, 1.54) is 0 Å². The highest BCUT2D eigenvalue weighted by atomic mass is 19.1. The average Bonchev–Trinajstić information content (AvgIpc) is 2.15. The minimum Gasteiger partial charge on any atom is -0.468 e. The van der Waals surface area contributed by atoms with Crippen LogP contribution in [-0.2, 0) is 9.53 Å². The molecule has 0 aromatic heterocycles. The first-order valence-electron chi connectivity index (χ1n) is 4.34. The number of esters is 1. The third-order valence-corrected chi connectivity index (χ3v) is 2.34. The SMILES string of the molecule is COC(=O)C1C([N+](=O)[O-])CC(F)CN1N. The summed E-state index contributed by atoms with van der Waals surface area (Å²) in [5, 5.41) is 11.5. The van der Waals surface area contributed by atoms with E-state index >= 15 is 0 Å². The van der Waals surface area contributed by atoms with Crippen LogP contribution in [0.5, 0.6) is 0 Å². The van der Waals surface area contributed by atoms with Crippen LogP contribution < -0.4 is 5.84 Å². The second-order valence-electron chi connectivity index (χ2n) is 3.35. The van der Waals surface area contributed by atoms with E-state index in [1.807, 2.05) is 0 Å². The second-order valence-corrected chi connectivity index (χ2v) is 3.35. The Kier molecular flexibility index (Phi) is 3.53. The summed E-state index contributed by atoms with van der Waals surface area (Å²) in [5.41, 5.74) is 0. The van der Waals surface area contributed by atoms with Crippen molar-refractivity contribution in [1.29, 1.82) is 0 Å². The zero-order valence-electron chi connectivity index (χ0n) is 8.13. The number of nitrogens with zero attached hydrogens (tertiary/aromatic N) is 2. The number of nitro groups is 1. The lowest BCUT2D eigenvalue weighted by atomic mass is 9.97. The fourth-order valence-corrected chi connectivity index (χ4v) is 1.64. The Hall–Kier alpha value is -1.28. The summed E-state index contributed by atoms with van der Waals surface area (Å²) in [6.07, 6.45) is -1.72.